The van der Waals surface area contributed by atoms with E-state index in [1.807, 2.05) is 0 Å². The van der Waals surface area contributed by atoms with Gasteiger partial charge >= 0.3 is 5.97 Å². The minimum absolute atomic E-state index is 0.343. The SMILES string of the molecule is Cc1ccc(F)cc1NC(=O)[C@H]1[C@@H](C(=O)O)[C@H]2C=C[C@@H]1O2. The number of nitrogens with one attached hydrogen (secondary N) is 1. The molecule has 1 aromatic carbocycles. The van der Waals surface area contributed by atoms with Crippen LogP contribution in [-0.2, 0) is 14.3 Å². The van der Waals surface area contributed by atoms with Crippen LogP contribution in [0.4, 0.5) is 10.1 Å². The normalized spacial score (nSPS) is 29.6. The number of benzene rings is 1. The maximum absolute atomic E-state index is 13.2. The number of carboxylic acid groups (broad SMARTS) is 1. The summed E-state index contributed by atoms with van der Waals surface area (Å²) in [4.78, 5) is 23.7. The van der Waals surface area contributed by atoms with E-state index in [0.29, 0.717) is 11.3 Å². The molecule has 1 amide bonds. The van der Waals surface area contributed by atoms with Gasteiger partial charge in [-0.3, -0.25) is 9.59 Å². The summed E-state index contributed by atoms with van der Waals surface area (Å²) in [6, 6.07) is 4.07. The Kier molecular flexibility index (Phi) is 3.25. The fraction of sp³-hybridized carbons (Fsp3) is 0.333. The van der Waals surface area contributed by atoms with E-state index >= 15 is 0 Å². The molecule has 5 nitrogen and oxygen atoms in total. The number of carbonyl (C=O) groups excluding carboxylic acids is 1. The van der Waals surface area contributed by atoms with Crippen LogP contribution in [0.25, 0.3) is 0 Å². The molecule has 1 saturated heterocycles. The average molecular weight is 291 g/mol. The van der Waals surface area contributed by atoms with E-state index in [2.05, 4.69) is 5.32 Å². The molecule has 21 heavy (non-hydrogen) atoms. The smallest absolute Gasteiger partial charge is 0.310 e. The van der Waals surface area contributed by atoms with Crippen molar-refractivity contribution in [1.82, 2.24) is 0 Å². The van der Waals surface area contributed by atoms with Gasteiger partial charge in [-0.05, 0) is 24.6 Å². The number of aryl methyl sites for hydroxylation is 1. The van der Waals surface area contributed by atoms with E-state index in [-0.39, 0.29) is 0 Å². The van der Waals surface area contributed by atoms with Crippen LogP contribution in [-0.4, -0.2) is 29.2 Å². The maximum Gasteiger partial charge on any atom is 0.310 e. The summed E-state index contributed by atoms with van der Waals surface area (Å²) in [6.45, 7) is 1.74. The maximum atomic E-state index is 13.2. The van der Waals surface area contributed by atoms with E-state index in [1.54, 1.807) is 25.1 Å². The van der Waals surface area contributed by atoms with Gasteiger partial charge in [-0.1, -0.05) is 18.2 Å². The number of aliphatic carboxylic acids is 1. The minimum Gasteiger partial charge on any atom is -0.481 e. The van der Waals surface area contributed by atoms with Crippen LogP contribution in [0.15, 0.2) is 30.4 Å². The molecule has 110 valence electrons. The topological polar surface area (TPSA) is 75.6 Å². The molecule has 2 N–H and O–H groups in total. The Balaban J connectivity index is 1.83. The molecule has 2 heterocycles. The second-order valence-electron chi connectivity index (χ2n) is 5.29. The molecule has 1 aromatic rings. The molecule has 1 fully saturated rings. The van der Waals surface area contributed by atoms with E-state index in [0.717, 1.165) is 0 Å². The summed E-state index contributed by atoms with van der Waals surface area (Å²) in [6.07, 6.45) is 2.26. The Bertz CT molecular complexity index is 643. The van der Waals surface area contributed by atoms with Gasteiger partial charge in [0.2, 0.25) is 5.91 Å². The van der Waals surface area contributed by atoms with E-state index in [4.69, 9.17) is 4.74 Å². The Labute approximate surface area is 120 Å². The van der Waals surface area contributed by atoms with Gasteiger partial charge in [-0.15, -0.1) is 0 Å². The van der Waals surface area contributed by atoms with Crippen LogP contribution < -0.4 is 5.32 Å². The van der Waals surface area contributed by atoms with Gasteiger partial charge in [0.1, 0.15) is 11.7 Å². The Morgan fingerprint density at radius 1 is 1.24 bits per heavy atom. The van der Waals surface area contributed by atoms with Gasteiger partial charge in [-0.25, -0.2) is 4.39 Å². The van der Waals surface area contributed by atoms with Crippen molar-refractivity contribution < 1.29 is 23.8 Å². The molecule has 2 aliphatic heterocycles. The number of carboxylic acids is 1. The molecule has 2 aliphatic rings. The van der Waals surface area contributed by atoms with Crippen molar-refractivity contribution in [3.05, 3.63) is 41.7 Å². The van der Waals surface area contributed by atoms with Crippen LogP contribution in [0.1, 0.15) is 5.56 Å². The summed E-state index contributed by atoms with van der Waals surface area (Å²) in [5, 5.41) is 11.9. The second-order valence-corrected chi connectivity index (χ2v) is 5.29. The third kappa shape index (κ3) is 2.31. The number of amides is 1. The van der Waals surface area contributed by atoms with Gasteiger partial charge in [0.25, 0.3) is 0 Å². The highest BCUT2D eigenvalue weighted by atomic mass is 19.1. The number of hydrogen-bond acceptors (Lipinski definition) is 3. The highest BCUT2D eigenvalue weighted by molar-refractivity contribution is 5.97. The van der Waals surface area contributed by atoms with Gasteiger partial charge in [0.15, 0.2) is 0 Å². The number of carbonyl (C=O) groups is 2. The van der Waals surface area contributed by atoms with Crippen molar-refractivity contribution in [3.63, 3.8) is 0 Å². The highest BCUT2D eigenvalue weighted by Crippen LogP contribution is 2.40. The largest absolute Gasteiger partial charge is 0.481 e. The molecule has 4 atom stereocenters. The van der Waals surface area contributed by atoms with Crippen molar-refractivity contribution in [2.75, 3.05) is 5.32 Å². The summed E-state index contributed by atoms with van der Waals surface area (Å²) in [5.41, 5.74) is 1.05. The zero-order valence-corrected chi connectivity index (χ0v) is 11.2. The fourth-order valence-corrected chi connectivity index (χ4v) is 2.86. The number of anilines is 1. The number of rotatable bonds is 3. The van der Waals surface area contributed by atoms with Crippen LogP contribution in [0.3, 0.4) is 0 Å². The van der Waals surface area contributed by atoms with Crippen molar-refractivity contribution in [3.8, 4) is 0 Å². The lowest BCUT2D eigenvalue weighted by Gasteiger charge is -2.21. The first-order valence-electron chi connectivity index (χ1n) is 6.61. The first-order chi connectivity index (χ1) is 9.97. The Hall–Kier alpha value is -2.21. The monoisotopic (exact) mass is 291 g/mol. The van der Waals surface area contributed by atoms with Crippen LogP contribution in [0, 0.1) is 24.6 Å². The van der Waals surface area contributed by atoms with Gasteiger partial charge in [-0.2, -0.15) is 0 Å². The molecule has 3 rings (SSSR count). The van der Waals surface area contributed by atoms with Gasteiger partial charge in [0.05, 0.1) is 18.1 Å². The minimum atomic E-state index is -1.07. The standard InChI is InChI=1S/C15H14FNO4/c1-7-2-3-8(16)6-9(7)17-14(18)12-10-4-5-11(21-10)13(12)15(19)20/h2-6,10-13H,1H3,(H,17,18)(H,19,20)/t10-,11+,12+,13-/m0/s1. The van der Waals surface area contributed by atoms with Crippen molar-refractivity contribution >= 4 is 17.6 Å². The third-order valence-electron chi connectivity index (χ3n) is 3.94. The first-order valence-corrected chi connectivity index (χ1v) is 6.61. The zero-order valence-electron chi connectivity index (χ0n) is 11.2. The predicted molar refractivity (Wildman–Crippen MR) is 72.2 cm³/mol. The van der Waals surface area contributed by atoms with Crippen LogP contribution >= 0.6 is 0 Å². The first kappa shape index (κ1) is 13.8. The van der Waals surface area contributed by atoms with Crippen molar-refractivity contribution in [2.45, 2.75) is 19.1 Å². The third-order valence-corrected chi connectivity index (χ3v) is 3.94. The lowest BCUT2D eigenvalue weighted by Crippen LogP contribution is -2.39. The number of fused-ring (bicyclic) bond motifs is 2. The summed E-state index contributed by atoms with van der Waals surface area (Å²) < 4.78 is 18.7. The number of hydrogen-bond donors (Lipinski definition) is 2. The number of halogens is 1. The summed E-state index contributed by atoms with van der Waals surface area (Å²) >= 11 is 0. The van der Waals surface area contributed by atoms with E-state index in [9.17, 15) is 19.1 Å². The second kappa shape index (κ2) is 4.96. The van der Waals surface area contributed by atoms with E-state index in [1.165, 1.54) is 12.1 Å². The number of ether oxygens (including phenoxy) is 1. The molecule has 0 radical (unpaired) electrons. The molecule has 6 heteroatoms. The van der Waals surface area contributed by atoms with Crippen LogP contribution in [0.5, 0.6) is 0 Å². The highest BCUT2D eigenvalue weighted by Gasteiger charge is 2.53. The lowest BCUT2D eigenvalue weighted by molar-refractivity contribution is -0.145. The molecular weight excluding hydrogens is 277 g/mol. The quantitative estimate of drug-likeness (QED) is 0.832. The molecule has 2 bridgehead atoms. The Morgan fingerprint density at radius 2 is 1.90 bits per heavy atom. The molecular formula is C15H14FNO4. The van der Waals surface area contributed by atoms with Crippen molar-refractivity contribution in [1.29, 1.82) is 0 Å². The van der Waals surface area contributed by atoms with Gasteiger partial charge < -0.3 is 15.2 Å². The van der Waals surface area contributed by atoms with Crippen molar-refractivity contribution in [2.24, 2.45) is 11.8 Å². The van der Waals surface area contributed by atoms with Crippen LogP contribution in [0.2, 0.25) is 0 Å². The average Bonchev–Trinajstić information content (AvgIpc) is 3.03. The summed E-state index contributed by atoms with van der Waals surface area (Å²) in [7, 11) is 0. The molecule has 0 aliphatic carbocycles. The molecule has 0 unspecified atom stereocenters. The zero-order chi connectivity index (χ0) is 15.1. The fourth-order valence-electron chi connectivity index (χ4n) is 2.86. The Morgan fingerprint density at radius 3 is 2.57 bits per heavy atom. The molecule has 0 aromatic heterocycles. The lowest BCUT2D eigenvalue weighted by atomic mass is 9.82. The summed E-state index contributed by atoms with van der Waals surface area (Å²) in [5.74, 6) is -3.71. The molecule has 0 saturated carbocycles. The van der Waals surface area contributed by atoms with E-state index < -0.39 is 41.7 Å². The van der Waals surface area contributed by atoms with Gasteiger partial charge in [0, 0.05) is 5.69 Å². The molecule has 0 spiro atoms. The predicted octanol–water partition coefficient (Wildman–Crippen LogP) is 1.73.